The fourth-order valence-corrected chi connectivity index (χ4v) is 2.88. The lowest BCUT2D eigenvalue weighted by Gasteiger charge is -2.35. The molecule has 1 aromatic rings. The van der Waals surface area contributed by atoms with Crippen molar-refractivity contribution >= 4 is 11.9 Å². The van der Waals surface area contributed by atoms with E-state index in [0.717, 1.165) is 13.1 Å². The first kappa shape index (κ1) is 14.6. The van der Waals surface area contributed by atoms with E-state index in [1.807, 2.05) is 4.90 Å². The molecule has 0 aliphatic carbocycles. The summed E-state index contributed by atoms with van der Waals surface area (Å²) in [5.74, 6) is 0.734. The van der Waals surface area contributed by atoms with E-state index in [1.54, 1.807) is 24.3 Å². The maximum absolute atomic E-state index is 12.5. The molecule has 0 spiro atoms. The summed E-state index contributed by atoms with van der Waals surface area (Å²) in [6.07, 6.45) is 1.17. The molecule has 4 nitrogen and oxygen atoms in total. The molecular weight excluding hydrogens is 254 g/mol. The molecule has 1 amide bonds. The molecule has 0 bridgehead atoms. The van der Waals surface area contributed by atoms with Crippen molar-refractivity contribution in [2.45, 2.75) is 20.3 Å². The van der Waals surface area contributed by atoms with Gasteiger partial charge in [0.15, 0.2) is 0 Å². The van der Waals surface area contributed by atoms with E-state index in [4.69, 9.17) is 0 Å². The monoisotopic (exact) mass is 275 g/mol. The van der Waals surface area contributed by atoms with E-state index >= 15 is 0 Å². The first-order chi connectivity index (χ1) is 9.51. The predicted octanol–water partition coefficient (Wildman–Crippen LogP) is 2.59. The van der Waals surface area contributed by atoms with Crippen LogP contribution >= 0.6 is 0 Å². The summed E-state index contributed by atoms with van der Waals surface area (Å²) in [6, 6.07) is 6.66. The number of methoxy groups -OCH3 is 1. The van der Waals surface area contributed by atoms with Gasteiger partial charge in [0.2, 0.25) is 0 Å². The van der Waals surface area contributed by atoms with Crippen molar-refractivity contribution in [3.63, 3.8) is 0 Å². The second-order valence-electron chi connectivity index (χ2n) is 5.73. The van der Waals surface area contributed by atoms with E-state index in [2.05, 4.69) is 18.6 Å². The zero-order chi connectivity index (χ0) is 14.7. The maximum atomic E-state index is 12.5. The Labute approximate surface area is 119 Å². The highest BCUT2D eigenvalue weighted by molar-refractivity contribution is 5.96. The largest absolute Gasteiger partial charge is 0.465 e. The summed E-state index contributed by atoms with van der Waals surface area (Å²) in [7, 11) is 1.35. The van der Waals surface area contributed by atoms with Crippen LogP contribution in [0.4, 0.5) is 0 Å². The summed E-state index contributed by atoms with van der Waals surface area (Å²) in [6.45, 7) is 5.97. The van der Waals surface area contributed by atoms with Gasteiger partial charge in [-0.3, -0.25) is 4.79 Å². The number of esters is 1. The molecule has 1 fully saturated rings. The van der Waals surface area contributed by atoms with Crippen LogP contribution in [-0.2, 0) is 4.74 Å². The second-order valence-corrected chi connectivity index (χ2v) is 5.73. The summed E-state index contributed by atoms with van der Waals surface area (Å²) >= 11 is 0. The van der Waals surface area contributed by atoms with E-state index in [-0.39, 0.29) is 11.9 Å². The molecule has 2 unspecified atom stereocenters. The number of carbonyl (C=O) groups is 2. The van der Waals surface area contributed by atoms with Crippen molar-refractivity contribution in [3.8, 4) is 0 Å². The molecule has 20 heavy (non-hydrogen) atoms. The SMILES string of the molecule is COC(=O)c1ccc(C(=O)N2CC(C)CC(C)C2)cc1. The third-order valence-electron chi connectivity index (χ3n) is 3.71. The Bertz CT molecular complexity index is 485. The van der Waals surface area contributed by atoms with Gasteiger partial charge in [-0.15, -0.1) is 0 Å². The summed E-state index contributed by atoms with van der Waals surface area (Å²) < 4.78 is 4.65. The van der Waals surface area contributed by atoms with Crippen molar-refractivity contribution < 1.29 is 14.3 Å². The molecule has 1 aliphatic heterocycles. The van der Waals surface area contributed by atoms with Gasteiger partial charge in [0.1, 0.15) is 0 Å². The lowest BCUT2D eigenvalue weighted by atomic mass is 9.91. The number of benzene rings is 1. The van der Waals surface area contributed by atoms with Gasteiger partial charge in [-0.1, -0.05) is 13.8 Å². The Morgan fingerprint density at radius 2 is 1.55 bits per heavy atom. The average molecular weight is 275 g/mol. The van der Waals surface area contributed by atoms with Crippen molar-refractivity contribution in [2.75, 3.05) is 20.2 Å². The van der Waals surface area contributed by atoms with E-state index in [9.17, 15) is 9.59 Å². The number of amides is 1. The smallest absolute Gasteiger partial charge is 0.337 e. The Balaban J connectivity index is 2.11. The van der Waals surface area contributed by atoms with Gasteiger partial charge < -0.3 is 9.64 Å². The van der Waals surface area contributed by atoms with Crippen LogP contribution in [-0.4, -0.2) is 37.0 Å². The number of hydrogen-bond donors (Lipinski definition) is 0. The van der Waals surface area contributed by atoms with E-state index < -0.39 is 0 Å². The maximum Gasteiger partial charge on any atom is 0.337 e. The summed E-state index contributed by atoms with van der Waals surface area (Å²) in [4.78, 5) is 25.7. The zero-order valence-corrected chi connectivity index (χ0v) is 12.3. The normalized spacial score (nSPS) is 22.4. The third kappa shape index (κ3) is 3.18. The van der Waals surface area contributed by atoms with Crippen LogP contribution in [0.25, 0.3) is 0 Å². The molecule has 1 aliphatic rings. The van der Waals surface area contributed by atoms with Crippen LogP contribution < -0.4 is 0 Å². The van der Waals surface area contributed by atoms with E-state index in [1.165, 1.54) is 13.5 Å². The number of hydrogen-bond acceptors (Lipinski definition) is 3. The molecule has 0 saturated carbocycles. The van der Waals surface area contributed by atoms with Gasteiger partial charge in [-0.05, 0) is 42.5 Å². The topological polar surface area (TPSA) is 46.6 Å². The number of piperidine rings is 1. The average Bonchev–Trinajstić information content (AvgIpc) is 2.45. The van der Waals surface area contributed by atoms with Gasteiger partial charge in [-0.2, -0.15) is 0 Å². The first-order valence-corrected chi connectivity index (χ1v) is 6.99. The summed E-state index contributed by atoms with van der Waals surface area (Å²) in [5.41, 5.74) is 1.09. The van der Waals surface area contributed by atoms with Gasteiger partial charge in [0, 0.05) is 18.7 Å². The van der Waals surface area contributed by atoms with Crippen molar-refractivity contribution in [1.29, 1.82) is 0 Å². The van der Waals surface area contributed by atoms with Crippen LogP contribution in [0.1, 0.15) is 41.0 Å². The molecule has 4 heteroatoms. The third-order valence-corrected chi connectivity index (χ3v) is 3.71. The minimum Gasteiger partial charge on any atom is -0.465 e. The van der Waals surface area contributed by atoms with Crippen LogP contribution in [0.3, 0.4) is 0 Å². The fourth-order valence-electron chi connectivity index (χ4n) is 2.88. The number of rotatable bonds is 2. The Hall–Kier alpha value is -1.84. The van der Waals surface area contributed by atoms with Gasteiger partial charge >= 0.3 is 5.97 Å². The number of likely N-dealkylation sites (tertiary alicyclic amines) is 1. The molecule has 1 aromatic carbocycles. The standard InChI is InChI=1S/C16H21NO3/c1-11-8-12(2)10-17(9-11)15(18)13-4-6-14(7-5-13)16(19)20-3/h4-7,11-12H,8-10H2,1-3H3. The highest BCUT2D eigenvalue weighted by Crippen LogP contribution is 2.22. The molecule has 0 N–H and O–H groups in total. The zero-order valence-electron chi connectivity index (χ0n) is 12.3. The predicted molar refractivity (Wildman–Crippen MR) is 76.6 cm³/mol. The number of nitrogens with zero attached hydrogens (tertiary/aromatic N) is 1. The first-order valence-electron chi connectivity index (χ1n) is 6.99. The van der Waals surface area contributed by atoms with Crippen molar-refractivity contribution in [2.24, 2.45) is 11.8 Å². The van der Waals surface area contributed by atoms with Gasteiger partial charge in [-0.25, -0.2) is 4.79 Å². The van der Waals surface area contributed by atoms with E-state index in [0.29, 0.717) is 23.0 Å². The quantitative estimate of drug-likeness (QED) is 0.779. The highest BCUT2D eigenvalue weighted by atomic mass is 16.5. The minimum atomic E-state index is -0.385. The van der Waals surface area contributed by atoms with Crippen LogP contribution in [0.5, 0.6) is 0 Å². The van der Waals surface area contributed by atoms with Crippen LogP contribution in [0.2, 0.25) is 0 Å². The lowest BCUT2D eigenvalue weighted by molar-refractivity contribution is 0.0595. The fraction of sp³-hybridized carbons (Fsp3) is 0.500. The molecule has 1 heterocycles. The van der Waals surface area contributed by atoms with Crippen LogP contribution in [0.15, 0.2) is 24.3 Å². The van der Waals surface area contributed by atoms with Gasteiger partial charge in [0.05, 0.1) is 12.7 Å². The molecule has 108 valence electrons. The van der Waals surface area contributed by atoms with Crippen molar-refractivity contribution in [3.05, 3.63) is 35.4 Å². The number of ether oxygens (including phenoxy) is 1. The summed E-state index contributed by atoms with van der Waals surface area (Å²) in [5, 5.41) is 0. The minimum absolute atomic E-state index is 0.0415. The molecule has 2 rings (SSSR count). The lowest BCUT2D eigenvalue weighted by Crippen LogP contribution is -2.42. The Morgan fingerprint density at radius 1 is 1.05 bits per heavy atom. The highest BCUT2D eigenvalue weighted by Gasteiger charge is 2.26. The molecule has 1 saturated heterocycles. The van der Waals surface area contributed by atoms with Crippen LogP contribution in [0, 0.1) is 11.8 Å². The Kier molecular flexibility index (Phi) is 4.42. The van der Waals surface area contributed by atoms with Crippen molar-refractivity contribution in [1.82, 2.24) is 4.90 Å². The molecule has 0 aromatic heterocycles. The van der Waals surface area contributed by atoms with Gasteiger partial charge in [0.25, 0.3) is 5.91 Å². The Morgan fingerprint density at radius 3 is 2.05 bits per heavy atom. The molecule has 0 radical (unpaired) electrons. The molecular formula is C16H21NO3. The number of carbonyl (C=O) groups excluding carboxylic acids is 2. The second kappa shape index (κ2) is 6.07. The molecule has 2 atom stereocenters.